The third-order valence-corrected chi connectivity index (χ3v) is 5.12. The van der Waals surface area contributed by atoms with Gasteiger partial charge in [0.2, 0.25) is 0 Å². The molecule has 0 saturated heterocycles. The number of H-pyrrole nitrogens is 1. The number of hydrogen-bond donors (Lipinski definition) is 1. The second-order valence-electron chi connectivity index (χ2n) is 3.68. The van der Waals surface area contributed by atoms with E-state index in [2.05, 4.69) is 29.0 Å². The van der Waals surface area contributed by atoms with E-state index in [4.69, 9.17) is 0 Å². The van der Waals surface area contributed by atoms with Crippen molar-refractivity contribution in [3.05, 3.63) is 39.8 Å². The van der Waals surface area contributed by atoms with E-state index >= 15 is 0 Å². The van der Waals surface area contributed by atoms with Gasteiger partial charge < -0.3 is 4.98 Å². The minimum absolute atomic E-state index is 0.0569. The van der Waals surface area contributed by atoms with E-state index in [0.717, 1.165) is 16.8 Å². The van der Waals surface area contributed by atoms with Crippen LogP contribution in [0, 0.1) is 0 Å². The first-order valence-electron chi connectivity index (χ1n) is 5.34. The second-order valence-corrected chi connectivity index (χ2v) is 5.90. The van der Waals surface area contributed by atoms with Crippen LogP contribution in [0.4, 0.5) is 0 Å². The summed E-state index contributed by atoms with van der Waals surface area (Å²) >= 11 is 3.28. The lowest BCUT2D eigenvalue weighted by Gasteiger charge is -1.87. The maximum Gasteiger partial charge on any atom is 0.268 e. The average molecular weight is 262 g/mol. The summed E-state index contributed by atoms with van der Waals surface area (Å²) in [5.74, 6) is 0. The maximum absolute atomic E-state index is 11.6. The molecule has 0 aliphatic carbocycles. The van der Waals surface area contributed by atoms with Gasteiger partial charge in [-0.05, 0) is 24.6 Å². The lowest BCUT2D eigenvalue weighted by atomic mass is 10.3. The van der Waals surface area contributed by atoms with Crippen LogP contribution in [0.15, 0.2) is 29.3 Å². The molecule has 0 fully saturated rings. The van der Waals surface area contributed by atoms with Crippen molar-refractivity contribution in [2.24, 2.45) is 0 Å². The number of aromatic nitrogens is 2. The lowest BCUT2D eigenvalue weighted by Crippen LogP contribution is -2.02. The van der Waals surface area contributed by atoms with Gasteiger partial charge in [-0.3, -0.25) is 4.79 Å². The lowest BCUT2D eigenvalue weighted by molar-refractivity contribution is 1.18. The van der Waals surface area contributed by atoms with Crippen molar-refractivity contribution in [1.29, 1.82) is 0 Å². The number of aromatic amines is 1. The second kappa shape index (κ2) is 4.09. The normalized spacial score (nSPS) is 11.1. The van der Waals surface area contributed by atoms with E-state index in [1.165, 1.54) is 27.4 Å². The molecule has 0 atom stereocenters. The quantitative estimate of drug-likeness (QED) is 0.770. The zero-order valence-electron chi connectivity index (χ0n) is 9.19. The number of nitrogens with one attached hydrogen (secondary N) is 1. The minimum Gasteiger partial charge on any atom is -0.312 e. The summed E-state index contributed by atoms with van der Waals surface area (Å²) in [4.78, 5) is 22.1. The van der Waals surface area contributed by atoms with Crippen molar-refractivity contribution < 1.29 is 0 Å². The SMILES string of the molecule is CCc1ccc(-c2cc3nc[nH]c(=O)c3s2)s1. The van der Waals surface area contributed by atoms with E-state index in [1.54, 1.807) is 11.3 Å². The van der Waals surface area contributed by atoms with E-state index in [9.17, 15) is 4.79 Å². The first-order valence-corrected chi connectivity index (χ1v) is 6.97. The molecule has 0 bridgehead atoms. The predicted octanol–water partition coefficient (Wildman–Crippen LogP) is 3.28. The molecule has 0 aliphatic rings. The Labute approximate surface area is 106 Å². The van der Waals surface area contributed by atoms with Crippen LogP contribution < -0.4 is 5.56 Å². The standard InChI is InChI=1S/C12H10N2OS2/c1-2-7-3-4-9(16-7)10-5-8-11(17-10)12(15)14-6-13-8/h3-6H,2H2,1H3,(H,13,14,15). The number of nitrogens with zero attached hydrogens (tertiary/aromatic N) is 1. The van der Waals surface area contributed by atoms with Crippen LogP contribution in [0.1, 0.15) is 11.8 Å². The van der Waals surface area contributed by atoms with Crippen LogP contribution in [0.2, 0.25) is 0 Å². The van der Waals surface area contributed by atoms with Crippen molar-refractivity contribution in [3.8, 4) is 9.75 Å². The largest absolute Gasteiger partial charge is 0.312 e. The Morgan fingerprint density at radius 1 is 1.29 bits per heavy atom. The highest BCUT2D eigenvalue weighted by molar-refractivity contribution is 7.26. The first kappa shape index (κ1) is 10.7. The van der Waals surface area contributed by atoms with Gasteiger partial charge in [0.15, 0.2) is 0 Å². The molecule has 17 heavy (non-hydrogen) atoms. The van der Waals surface area contributed by atoms with Crippen LogP contribution in [0.25, 0.3) is 20.0 Å². The molecule has 1 N–H and O–H groups in total. The summed E-state index contributed by atoms with van der Waals surface area (Å²) in [7, 11) is 0. The molecule has 0 spiro atoms. The molecule has 86 valence electrons. The topological polar surface area (TPSA) is 45.8 Å². The Bertz CT molecular complexity index is 723. The zero-order chi connectivity index (χ0) is 11.8. The molecule has 3 nitrogen and oxygen atoms in total. The van der Waals surface area contributed by atoms with Crippen LogP contribution in [-0.2, 0) is 6.42 Å². The van der Waals surface area contributed by atoms with Gasteiger partial charge in [-0.2, -0.15) is 0 Å². The van der Waals surface area contributed by atoms with Gasteiger partial charge >= 0.3 is 0 Å². The molecule has 0 aliphatic heterocycles. The van der Waals surface area contributed by atoms with E-state index < -0.39 is 0 Å². The molecule has 5 heteroatoms. The van der Waals surface area contributed by atoms with Gasteiger partial charge in [-0.15, -0.1) is 22.7 Å². The number of hydrogen-bond acceptors (Lipinski definition) is 4. The summed E-state index contributed by atoms with van der Waals surface area (Å²) in [6, 6.07) is 6.24. The Balaban J connectivity index is 2.18. The molecular formula is C12H10N2OS2. The van der Waals surface area contributed by atoms with Crippen molar-refractivity contribution in [2.75, 3.05) is 0 Å². The summed E-state index contributed by atoms with van der Waals surface area (Å²) in [6.45, 7) is 2.15. The highest BCUT2D eigenvalue weighted by Crippen LogP contribution is 2.35. The Hall–Kier alpha value is -1.46. The van der Waals surface area contributed by atoms with E-state index in [1.807, 2.05) is 6.07 Å². The van der Waals surface area contributed by atoms with Crippen LogP contribution >= 0.6 is 22.7 Å². The number of aryl methyl sites for hydroxylation is 1. The zero-order valence-corrected chi connectivity index (χ0v) is 10.8. The molecule has 3 aromatic rings. The molecular weight excluding hydrogens is 252 g/mol. The maximum atomic E-state index is 11.6. The molecule has 3 aromatic heterocycles. The highest BCUT2D eigenvalue weighted by Gasteiger charge is 2.09. The van der Waals surface area contributed by atoms with Gasteiger partial charge in [0, 0.05) is 14.6 Å². The van der Waals surface area contributed by atoms with Gasteiger partial charge in [0.1, 0.15) is 4.70 Å². The van der Waals surface area contributed by atoms with E-state index in [-0.39, 0.29) is 5.56 Å². The molecule has 0 amide bonds. The highest BCUT2D eigenvalue weighted by atomic mass is 32.1. The van der Waals surface area contributed by atoms with Crippen LogP contribution in [0.3, 0.4) is 0 Å². The van der Waals surface area contributed by atoms with Crippen LogP contribution in [-0.4, -0.2) is 9.97 Å². The minimum atomic E-state index is -0.0569. The van der Waals surface area contributed by atoms with Crippen molar-refractivity contribution in [3.63, 3.8) is 0 Å². The molecule has 0 radical (unpaired) electrons. The number of thiophene rings is 2. The van der Waals surface area contributed by atoms with E-state index in [0.29, 0.717) is 4.70 Å². The fourth-order valence-corrected chi connectivity index (χ4v) is 3.72. The van der Waals surface area contributed by atoms with Crippen molar-refractivity contribution >= 4 is 32.9 Å². The van der Waals surface area contributed by atoms with Gasteiger partial charge in [0.25, 0.3) is 5.56 Å². The Kier molecular flexibility index (Phi) is 2.57. The number of fused-ring (bicyclic) bond motifs is 1. The smallest absolute Gasteiger partial charge is 0.268 e. The Morgan fingerprint density at radius 2 is 2.18 bits per heavy atom. The molecule has 0 saturated carbocycles. The van der Waals surface area contributed by atoms with Gasteiger partial charge in [0.05, 0.1) is 11.8 Å². The molecule has 0 unspecified atom stereocenters. The molecule has 3 heterocycles. The Morgan fingerprint density at radius 3 is 2.88 bits per heavy atom. The average Bonchev–Trinajstić information content (AvgIpc) is 2.95. The third-order valence-electron chi connectivity index (χ3n) is 2.57. The molecule has 3 rings (SSSR count). The number of rotatable bonds is 2. The third kappa shape index (κ3) is 1.81. The summed E-state index contributed by atoms with van der Waals surface area (Å²) in [6.07, 6.45) is 2.50. The fourth-order valence-electron chi connectivity index (χ4n) is 1.69. The van der Waals surface area contributed by atoms with Gasteiger partial charge in [-0.1, -0.05) is 6.92 Å². The van der Waals surface area contributed by atoms with Crippen molar-refractivity contribution in [2.45, 2.75) is 13.3 Å². The van der Waals surface area contributed by atoms with Crippen LogP contribution in [0.5, 0.6) is 0 Å². The predicted molar refractivity (Wildman–Crippen MR) is 72.9 cm³/mol. The van der Waals surface area contributed by atoms with Crippen molar-refractivity contribution in [1.82, 2.24) is 9.97 Å². The summed E-state index contributed by atoms with van der Waals surface area (Å²) < 4.78 is 0.703. The monoisotopic (exact) mass is 262 g/mol. The fraction of sp³-hybridized carbons (Fsp3) is 0.167. The van der Waals surface area contributed by atoms with Gasteiger partial charge in [-0.25, -0.2) is 4.98 Å². The summed E-state index contributed by atoms with van der Waals surface area (Å²) in [5, 5.41) is 0. The molecule has 0 aromatic carbocycles. The summed E-state index contributed by atoms with van der Waals surface area (Å²) in [5.41, 5.74) is 0.721. The first-order chi connectivity index (χ1) is 8.28.